The first-order valence-corrected chi connectivity index (χ1v) is 12.1. The average Bonchev–Trinajstić information content (AvgIpc) is 3.56. The first kappa shape index (κ1) is 23.5. The van der Waals surface area contributed by atoms with E-state index in [1.165, 1.54) is 6.20 Å². The largest absolute Gasteiger partial charge is 0.355 e. The minimum Gasteiger partial charge on any atom is -0.355 e. The van der Waals surface area contributed by atoms with Crippen LogP contribution in [0.4, 0.5) is 10.5 Å². The van der Waals surface area contributed by atoms with Crippen LogP contribution in [0.5, 0.6) is 0 Å². The minimum atomic E-state index is -0.272. The van der Waals surface area contributed by atoms with Crippen molar-refractivity contribution in [1.29, 1.82) is 0 Å². The maximum absolute atomic E-state index is 12.7. The molecule has 6 rings (SSSR count). The van der Waals surface area contributed by atoms with E-state index in [9.17, 15) is 9.59 Å². The monoisotopic (exact) mass is 511 g/mol. The third-order valence-corrected chi connectivity index (χ3v) is 6.63. The smallest absolute Gasteiger partial charge is 0.321 e. The number of piperazine rings is 1. The maximum Gasteiger partial charge on any atom is 0.321 e. The molecule has 0 radical (unpaired) electrons. The van der Waals surface area contributed by atoms with Gasteiger partial charge >= 0.3 is 6.03 Å². The highest BCUT2D eigenvalue weighted by Crippen LogP contribution is 2.30. The molecule has 1 aliphatic heterocycles. The highest BCUT2D eigenvalue weighted by Gasteiger charge is 2.20. The number of urea groups is 1. The predicted octanol–water partition coefficient (Wildman–Crippen LogP) is 2.10. The predicted molar refractivity (Wildman–Crippen MR) is 141 cm³/mol. The molecule has 4 N–H and O–H groups in total. The Balaban J connectivity index is 1.31. The standard InChI is InChI=1S/C25H25N11O2/c1-26-24(37)18-12-28-13-19-20(18)32-23(31-19)21-17-8-15(10-29-22(17)34-33-21)14-7-16(11-27-9-14)30-25(38)36-5-3-35(2)4-6-36/h7-13H,3-6H2,1-2H3,(H,26,37)(H,30,38)(H,31,32)(H,29,33,34). The van der Waals surface area contributed by atoms with E-state index in [0.29, 0.717) is 52.5 Å². The molecule has 0 spiro atoms. The number of pyridine rings is 3. The molecule has 38 heavy (non-hydrogen) atoms. The summed E-state index contributed by atoms with van der Waals surface area (Å²) in [5.41, 5.74) is 4.84. The van der Waals surface area contributed by atoms with Crippen molar-refractivity contribution in [3.05, 3.63) is 48.7 Å². The number of imidazole rings is 1. The number of nitrogens with one attached hydrogen (secondary N) is 4. The van der Waals surface area contributed by atoms with Crippen molar-refractivity contribution in [1.82, 2.24) is 50.2 Å². The summed E-state index contributed by atoms with van der Waals surface area (Å²) >= 11 is 0. The summed E-state index contributed by atoms with van der Waals surface area (Å²) in [6.07, 6.45) is 8.16. The average molecular weight is 512 g/mol. The number of aromatic nitrogens is 7. The van der Waals surface area contributed by atoms with Gasteiger partial charge in [0.2, 0.25) is 0 Å². The van der Waals surface area contributed by atoms with E-state index in [-0.39, 0.29) is 11.9 Å². The zero-order valence-corrected chi connectivity index (χ0v) is 20.8. The van der Waals surface area contributed by atoms with Crippen LogP contribution >= 0.6 is 0 Å². The molecule has 13 nitrogen and oxygen atoms in total. The Kier molecular flexibility index (Phi) is 5.88. The topological polar surface area (TPSA) is 161 Å². The summed E-state index contributed by atoms with van der Waals surface area (Å²) in [4.78, 5) is 49.8. The Morgan fingerprint density at radius 1 is 0.974 bits per heavy atom. The molecule has 5 aromatic rings. The Labute approximate surface area is 216 Å². The number of carbonyl (C=O) groups is 2. The quantitative estimate of drug-likeness (QED) is 0.285. The zero-order chi connectivity index (χ0) is 26.2. The van der Waals surface area contributed by atoms with Gasteiger partial charge in [-0.1, -0.05) is 0 Å². The van der Waals surface area contributed by atoms with Crippen molar-refractivity contribution >= 4 is 39.7 Å². The number of fused-ring (bicyclic) bond motifs is 2. The normalized spacial score (nSPS) is 14.2. The van der Waals surface area contributed by atoms with Gasteiger partial charge in [-0.25, -0.2) is 14.8 Å². The lowest BCUT2D eigenvalue weighted by atomic mass is 10.1. The number of carbonyl (C=O) groups excluding carboxylic acids is 2. The summed E-state index contributed by atoms with van der Waals surface area (Å²) in [6, 6.07) is 3.67. The van der Waals surface area contributed by atoms with Crippen LogP contribution in [0, 0.1) is 0 Å². The van der Waals surface area contributed by atoms with Crippen LogP contribution in [0.15, 0.2) is 43.1 Å². The van der Waals surface area contributed by atoms with Crippen LogP contribution in [0.1, 0.15) is 10.4 Å². The molecule has 1 aliphatic rings. The fraction of sp³-hybridized carbons (Fsp3) is 0.240. The van der Waals surface area contributed by atoms with Crippen molar-refractivity contribution in [2.75, 3.05) is 45.6 Å². The SMILES string of the molecule is CNC(=O)c1cncc2[nH]c(-c3[nH]nc4ncc(-c5cncc(NC(=O)N6CCN(C)CC6)c5)cc34)nc12. The second-order valence-corrected chi connectivity index (χ2v) is 9.12. The molecular weight excluding hydrogens is 486 g/mol. The molecule has 5 aromatic heterocycles. The van der Waals surface area contributed by atoms with E-state index >= 15 is 0 Å². The minimum absolute atomic E-state index is 0.141. The van der Waals surface area contributed by atoms with Crippen molar-refractivity contribution in [3.8, 4) is 22.6 Å². The van der Waals surface area contributed by atoms with E-state index < -0.39 is 0 Å². The highest BCUT2D eigenvalue weighted by atomic mass is 16.2. The summed E-state index contributed by atoms with van der Waals surface area (Å²) in [5, 5.41) is 13.6. The first-order valence-electron chi connectivity index (χ1n) is 12.1. The van der Waals surface area contributed by atoms with E-state index in [2.05, 4.69) is 50.7 Å². The lowest BCUT2D eigenvalue weighted by Gasteiger charge is -2.32. The number of H-pyrrole nitrogens is 2. The molecular formula is C25H25N11O2. The second-order valence-electron chi connectivity index (χ2n) is 9.12. The van der Waals surface area contributed by atoms with Crippen molar-refractivity contribution in [3.63, 3.8) is 0 Å². The number of hydrogen-bond acceptors (Lipinski definition) is 8. The van der Waals surface area contributed by atoms with Gasteiger partial charge in [-0.2, -0.15) is 5.10 Å². The van der Waals surface area contributed by atoms with Crippen LogP contribution in [0.3, 0.4) is 0 Å². The van der Waals surface area contributed by atoms with Gasteiger partial charge in [0.05, 0.1) is 34.5 Å². The van der Waals surface area contributed by atoms with Crippen LogP contribution in [-0.2, 0) is 0 Å². The molecule has 0 aliphatic carbocycles. The number of rotatable bonds is 4. The lowest BCUT2D eigenvalue weighted by Crippen LogP contribution is -2.48. The molecule has 13 heteroatoms. The molecule has 0 atom stereocenters. The van der Waals surface area contributed by atoms with Crippen LogP contribution < -0.4 is 10.6 Å². The fourth-order valence-corrected chi connectivity index (χ4v) is 4.47. The van der Waals surface area contributed by atoms with Crippen LogP contribution in [0.25, 0.3) is 44.7 Å². The van der Waals surface area contributed by atoms with Crippen molar-refractivity contribution in [2.45, 2.75) is 0 Å². The van der Waals surface area contributed by atoms with Gasteiger partial charge in [-0.15, -0.1) is 0 Å². The molecule has 192 valence electrons. The van der Waals surface area contributed by atoms with E-state index in [4.69, 9.17) is 0 Å². The van der Waals surface area contributed by atoms with E-state index in [0.717, 1.165) is 29.6 Å². The summed E-state index contributed by atoms with van der Waals surface area (Å²) in [5.74, 6) is 0.234. The van der Waals surface area contributed by atoms with Gasteiger partial charge < -0.3 is 25.4 Å². The molecule has 1 saturated heterocycles. The third-order valence-electron chi connectivity index (χ3n) is 6.63. The third kappa shape index (κ3) is 4.28. The number of aromatic amines is 2. The van der Waals surface area contributed by atoms with E-state index in [1.807, 2.05) is 19.2 Å². The fourth-order valence-electron chi connectivity index (χ4n) is 4.47. The van der Waals surface area contributed by atoms with Gasteiger partial charge in [0, 0.05) is 62.9 Å². The summed E-state index contributed by atoms with van der Waals surface area (Å²) < 4.78 is 0. The lowest BCUT2D eigenvalue weighted by molar-refractivity contribution is 0.0964. The zero-order valence-electron chi connectivity index (χ0n) is 20.8. The Bertz CT molecular complexity index is 1670. The molecule has 3 amide bonds. The first-order chi connectivity index (χ1) is 18.5. The van der Waals surface area contributed by atoms with Crippen molar-refractivity contribution < 1.29 is 9.59 Å². The number of hydrogen-bond donors (Lipinski definition) is 4. The van der Waals surface area contributed by atoms with Crippen LogP contribution in [0.2, 0.25) is 0 Å². The maximum atomic E-state index is 12.7. The highest BCUT2D eigenvalue weighted by molar-refractivity contribution is 6.05. The van der Waals surface area contributed by atoms with E-state index in [1.54, 1.807) is 36.7 Å². The molecule has 0 saturated carbocycles. The second kappa shape index (κ2) is 9.52. The number of anilines is 1. The Hall–Kier alpha value is -4.91. The van der Waals surface area contributed by atoms with Gasteiger partial charge in [-0.3, -0.25) is 19.9 Å². The Morgan fingerprint density at radius 2 is 1.76 bits per heavy atom. The number of amides is 3. The van der Waals surface area contributed by atoms with Gasteiger partial charge in [0.1, 0.15) is 11.2 Å². The summed E-state index contributed by atoms with van der Waals surface area (Å²) in [6.45, 7) is 3.06. The summed E-state index contributed by atoms with van der Waals surface area (Å²) in [7, 11) is 3.61. The van der Waals surface area contributed by atoms with Gasteiger partial charge in [-0.05, 0) is 19.2 Å². The van der Waals surface area contributed by atoms with Gasteiger partial charge in [0.25, 0.3) is 5.91 Å². The molecule has 6 heterocycles. The number of likely N-dealkylation sites (N-methyl/N-ethyl adjacent to an activating group) is 1. The van der Waals surface area contributed by atoms with Crippen LogP contribution in [-0.4, -0.2) is 97.1 Å². The molecule has 0 aromatic carbocycles. The number of nitrogens with zero attached hydrogens (tertiary/aromatic N) is 7. The molecule has 0 unspecified atom stereocenters. The Morgan fingerprint density at radius 3 is 2.58 bits per heavy atom. The molecule has 1 fully saturated rings. The van der Waals surface area contributed by atoms with Crippen molar-refractivity contribution in [2.24, 2.45) is 0 Å². The van der Waals surface area contributed by atoms with Gasteiger partial charge in [0.15, 0.2) is 11.5 Å². The molecule has 0 bridgehead atoms.